The molecule has 17 heavy (non-hydrogen) atoms. The lowest BCUT2D eigenvalue weighted by Gasteiger charge is -2.05. The van der Waals surface area contributed by atoms with E-state index in [2.05, 4.69) is 0 Å². The summed E-state index contributed by atoms with van der Waals surface area (Å²) in [4.78, 5) is 42.8. The predicted octanol–water partition coefficient (Wildman–Crippen LogP) is 0.594. The van der Waals surface area contributed by atoms with Gasteiger partial charge < -0.3 is 15.3 Å². The molecule has 88 valence electrons. The molecule has 1 rings (SSSR count). The molecule has 0 atom stereocenters. The van der Waals surface area contributed by atoms with Crippen LogP contribution in [-0.2, 0) is 0 Å². The molecular weight excluding hydrogens is 232 g/mol. The number of aromatic carboxylic acids is 3. The van der Waals surface area contributed by atoms with Crippen LogP contribution in [0, 0.1) is 0 Å². The largest absolute Gasteiger partial charge is 0.478 e. The van der Waals surface area contributed by atoms with Gasteiger partial charge in [0.1, 0.15) is 0 Å². The van der Waals surface area contributed by atoms with Gasteiger partial charge in [-0.05, 0) is 12.1 Å². The second kappa shape index (κ2) is 4.44. The van der Waals surface area contributed by atoms with Crippen LogP contribution in [-0.4, -0.2) is 39.5 Å². The highest BCUT2D eigenvalue weighted by Crippen LogP contribution is 2.17. The number of carbonyl (C=O) groups excluding carboxylic acids is 1. The maximum Gasteiger partial charge on any atom is 0.336 e. The summed E-state index contributed by atoms with van der Waals surface area (Å²) in [5.74, 6) is -4.64. The minimum atomic E-state index is -1.58. The second-order valence-electron chi connectivity index (χ2n) is 3.02. The summed E-state index contributed by atoms with van der Waals surface area (Å²) in [7, 11) is 0. The molecule has 7 heteroatoms. The second-order valence-corrected chi connectivity index (χ2v) is 3.02. The van der Waals surface area contributed by atoms with Crippen molar-refractivity contribution < 1.29 is 34.5 Å². The van der Waals surface area contributed by atoms with E-state index in [1.54, 1.807) is 0 Å². The zero-order valence-electron chi connectivity index (χ0n) is 8.21. The zero-order chi connectivity index (χ0) is 13.2. The van der Waals surface area contributed by atoms with Gasteiger partial charge in [-0.3, -0.25) is 4.79 Å². The maximum atomic E-state index is 10.8. The van der Waals surface area contributed by atoms with Crippen molar-refractivity contribution >= 4 is 24.2 Å². The molecule has 0 unspecified atom stereocenters. The van der Waals surface area contributed by atoms with E-state index in [9.17, 15) is 19.2 Å². The third-order valence-electron chi connectivity index (χ3n) is 2.01. The van der Waals surface area contributed by atoms with Crippen molar-refractivity contribution in [2.45, 2.75) is 0 Å². The number of benzene rings is 1. The molecule has 1 aromatic rings. The summed E-state index contributed by atoms with van der Waals surface area (Å²) in [6.45, 7) is 0. The Morgan fingerprint density at radius 2 is 1.24 bits per heavy atom. The molecule has 0 aliphatic rings. The third-order valence-corrected chi connectivity index (χ3v) is 2.01. The number of carbonyl (C=O) groups is 4. The average molecular weight is 238 g/mol. The Balaban J connectivity index is 3.65. The summed E-state index contributed by atoms with van der Waals surface area (Å²) < 4.78 is 0. The normalized spacial score (nSPS) is 9.65. The number of carboxylic acid groups (broad SMARTS) is 3. The van der Waals surface area contributed by atoms with Gasteiger partial charge >= 0.3 is 17.9 Å². The van der Waals surface area contributed by atoms with E-state index in [4.69, 9.17) is 15.3 Å². The van der Waals surface area contributed by atoms with E-state index < -0.39 is 34.6 Å². The standard InChI is InChI=1S/C10H6O7/c11-3-4-1-6(9(14)15)7(10(16)17)2-5(4)8(12)13/h1-3H,(H,12,13)(H,14,15)(H,16,17). The first-order valence-electron chi connectivity index (χ1n) is 4.21. The van der Waals surface area contributed by atoms with Crippen LogP contribution in [0.1, 0.15) is 41.4 Å². The van der Waals surface area contributed by atoms with Crippen LogP contribution in [0.25, 0.3) is 0 Å². The fourth-order valence-electron chi connectivity index (χ4n) is 1.25. The molecule has 0 heterocycles. The van der Waals surface area contributed by atoms with Gasteiger partial charge in [-0.1, -0.05) is 0 Å². The van der Waals surface area contributed by atoms with E-state index in [1.165, 1.54) is 0 Å². The van der Waals surface area contributed by atoms with Gasteiger partial charge in [-0.15, -0.1) is 0 Å². The quantitative estimate of drug-likeness (QED) is 0.654. The van der Waals surface area contributed by atoms with E-state index >= 15 is 0 Å². The third kappa shape index (κ3) is 2.28. The summed E-state index contributed by atoms with van der Waals surface area (Å²) in [5, 5.41) is 26.2. The van der Waals surface area contributed by atoms with E-state index in [1.807, 2.05) is 0 Å². The fourth-order valence-corrected chi connectivity index (χ4v) is 1.25. The molecule has 0 radical (unpaired) electrons. The molecule has 0 spiro atoms. The lowest BCUT2D eigenvalue weighted by Crippen LogP contribution is -2.13. The highest BCUT2D eigenvalue weighted by atomic mass is 16.4. The molecule has 0 saturated carbocycles. The molecule has 3 N–H and O–H groups in total. The monoisotopic (exact) mass is 238 g/mol. The molecule has 0 saturated heterocycles. The highest BCUT2D eigenvalue weighted by molar-refractivity contribution is 6.07. The van der Waals surface area contributed by atoms with Crippen molar-refractivity contribution in [2.24, 2.45) is 0 Å². The topological polar surface area (TPSA) is 129 Å². The highest BCUT2D eigenvalue weighted by Gasteiger charge is 2.21. The van der Waals surface area contributed by atoms with E-state index in [0.717, 1.165) is 6.07 Å². The zero-order valence-corrected chi connectivity index (χ0v) is 8.21. The van der Waals surface area contributed by atoms with Gasteiger partial charge in [0, 0.05) is 5.56 Å². The first-order chi connectivity index (χ1) is 7.88. The minimum Gasteiger partial charge on any atom is -0.478 e. The van der Waals surface area contributed by atoms with Gasteiger partial charge in [0.2, 0.25) is 0 Å². The molecule has 7 nitrogen and oxygen atoms in total. The van der Waals surface area contributed by atoms with Crippen LogP contribution in [0.5, 0.6) is 0 Å². The Bertz CT molecular complexity index is 530. The lowest BCUT2D eigenvalue weighted by molar-refractivity contribution is 0.0648. The number of hydrogen-bond donors (Lipinski definition) is 3. The van der Waals surface area contributed by atoms with E-state index in [0.29, 0.717) is 6.07 Å². The SMILES string of the molecule is O=Cc1cc(C(=O)O)c(C(=O)O)cc1C(=O)O. The molecule has 0 aromatic heterocycles. The van der Waals surface area contributed by atoms with Crippen LogP contribution >= 0.6 is 0 Å². The summed E-state index contributed by atoms with van der Waals surface area (Å²) in [6.07, 6.45) is 0.154. The van der Waals surface area contributed by atoms with E-state index in [-0.39, 0.29) is 11.8 Å². The molecular formula is C10H6O7. The van der Waals surface area contributed by atoms with Crippen molar-refractivity contribution in [2.75, 3.05) is 0 Å². The Morgan fingerprint density at radius 3 is 1.59 bits per heavy atom. The lowest BCUT2D eigenvalue weighted by atomic mass is 9.99. The Labute approximate surface area is 93.9 Å². The Morgan fingerprint density at radius 1 is 0.824 bits per heavy atom. The van der Waals surface area contributed by atoms with Gasteiger partial charge in [-0.25, -0.2) is 14.4 Å². The number of rotatable bonds is 4. The molecule has 0 bridgehead atoms. The van der Waals surface area contributed by atoms with Gasteiger partial charge in [0.15, 0.2) is 6.29 Å². The van der Waals surface area contributed by atoms with Crippen LogP contribution in [0.15, 0.2) is 12.1 Å². The van der Waals surface area contributed by atoms with Crippen LogP contribution in [0.3, 0.4) is 0 Å². The summed E-state index contributed by atoms with van der Waals surface area (Å²) >= 11 is 0. The van der Waals surface area contributed by atoms with Crippen molar-refractivity contribution in [3.05, 3.63) is 34.4 Å². The molecule has 0 fully saturated rings. The Kier molecular flexibility index (Phi) is 3.23. The smallest absolute Gasteiger partial charge is 0.336 e. The predicted molar refractivity (Wildman–Crippen MR) is 52.7 cm³/mol. The van der Waals surface area contributed by atoms with Crippen LogP contribution in [0.2, 0.25) is 0 Å². The number of carboxylic acids is 3. The molecule has 0 aliphatic heterocycles. The minimum absolute atomic E-state index is 0.154. The van der Waals surface area contributed by atoms with Gasteiger partial charge in [-0.2, -0.15) is 0 Å². The maximum absolute atomic E-state index is 10.8. The Hall–Kier alpha value is -2.70. The van der Waals surface area contributed by atoms with Crippen molar-refractivity contribution in [3.8, 4) is 0 Å². The van der Waals surface area contributed by atoms with Gasteiger partial charge in [0.05, 0.1) is 16.7 Å². The van der Waals surface area contributed by atoms with Gasteiger partial charge in [0.25, 0.3) is 0 Å². The fraction of sp³-hybridized carbons (Fsp3) is 0. The number of hydrogen-bond acceptors (Lipinski definition) is 4. The molecule has 1 aromatic carbocycles. The summed E-state index contributed by atoms with van der Waals surface area (Å²) in [5.41, 5.74) is -2.26. The van der Waals surface area contributed by atoms with Crippen molar-refractivity contribution in [3.63, 3.8) is 0 Å². The first-order valence-corrected chi connectivity index (χ1v) is 4.21. The van der Waals surface area contributed by atoms with Crippen LogP contribution < -0.4 is 0 Å². The molecule has 0 aliphatic carbocycles. The summed E-state index contributed by atoms with van der Waals surface area (Å²) in [6, 6.07) is 1.38. The van der Waals surface area contributed by atoms with Crippen molar-refractivity contribution in [1.82, 2.24) is 0 Å². The van der Waals surface area contributed by atoms with Crippen molar-refractivity contribution in [1.29, 1.82) is 0 Å². The average Bonchev–Trinajstić information content (AvgIpc) is 2.26. The first kappa shape index (κ1) is 12.4. The van der Waals surface area contributed by atoms with Crippen LogP contribution in [0.4, 0.5) is 0 Å². The molecule has 0 amide bonds. The number of aldehydes is 1.